The Hall–Kier alpha value is -2.24. The SMILES string of the molecule is CCCCCCCCCCCCCCCCCC(=O)NC(=O)c1cccc([N+](=O)[O-])c1. The normalized spacial score (nSPS) is 10.7. The predicted molar refractivity (Wildman–Crippen MR) is 125 cm³/mol. The number of carbonyl (C=O) groups is 2. The summed E-state index contributed by atoms with van der Waals surface area (Å²) in [7, 11) is 0. The zero-order chi connectivity index (χ0) is 22.7. The van der Waals surface area contributed by atoms with Crippen LogP contribution in [-0.4, -0.2) is 16.7 Å². The number of carbonyl (C=O) groups excluding carboxylic acids is 2. The molecule has 6 nitrogen and oxygen atoms in total. The van der Waals surface area contributed by atoms with Crippen molar-refractivity contribution in [2.75, 3.05) is 0 Å². The summed E-state index contributed by atoms with van der Waals surface area (Å²) in [4.78, 5) is 34.2. The zero-order valence-corrected chi connectivity index (χ0v) is 19.2. The summed E-state index contributed by atoms with van der Waals surface area (Å²) in [6, 6.07) is 5.39. The molecule has 6 heteroatoms. The standard InChI is InChI=1S/C25H40N2O4/c1-2-3-4-5-6-7-8-9-10-11-12-13-14-15-16-20-24(28)26-25(29)22-18-17-19-23(21-22)27(30)31/h17-19,21H,2-16,20H2,1H3,(H,26,28,29). The molecule has 2 amide bonds. The molecular formula is C25H40N2O4. The van der Waals surface area contributed by atoms with Gasteiger partial charge in [0.25, 0.3) is 11.6 Å². The minimum Gasteiger partial charge on any atom is -0.292 e. The number of imide groups is 1. The van der Waals surface area contributed by atoms with E-state index in [9.17, 15) is 19.7 Å². The van der Waals surface area contributed by atoms with Crippen LogP contribution in [0.4, 0.5) is 5.69 Å². The molecule has 1 N–H and O–H groups in total. The van der Waals surface area contributed by atoms with Crippen molar-refractivity contribution < 1.29 is 14.5 Å². The van der Waals surface area contributed by atoms with E-state index in [2.05, 4.69) is 12.2 Å². The smallest absolute Gasteiger partial charge is 0.270 e. The highest BCUT2D eigenvalue weighted by atomic mass is 16.6. The van der Waals surface area contributed by atoms with Crippen molar-refractivity contribution in [3.8, 4) is 0 Å². The Balaban J connectivity index is 1.96. The fourth-order valence-corrected chi connectivity index (χ4v) is 3.68. The molecule has 0 atom stereocenters. The Labute approximate surface area is 187 Å². The van der Waals surface area contributed by atoms with Gasteiger partial charge in [0.15, 0.2) is 0 Å². The number of hydrogen-bond acceptors (Lipinski definition) is 4. The molecule has 1 rings (SSSR count). The van der Waals surface area contributed by atoms with Crippen molar-refractivity contribution in [2.24, 2.45) is 0 Å². The molecule has 0 fully saturated rings. The highest BCUT2D eigenvalue weighted by Crippen LogP contribution is 2.15. The molecule has 0 heterocycles. The molecule has 0 saturated heterocycles. The maximum Gasteiger partial charge on any atom is 0.270 e. The third-order valence-corrected chi connectivity index (χ3v) is 5.58. The van der Waals surface area contributed by atoms with Gasteiger partial charge in [-0.2, -0.15) is 0 Å². The molecule has 1 aromatic carbocycles. The van der Waals surface area contributed by atoms with E-state index in [1.165, 1.54) is 101 Å². The van der Waals surface area contributed by atoms with Crippen LogP contribution in [0.1, 0.15) is 120 Å². The second-order valence-corrected chi connectivity index (χ2v) is 8.38. The Morgan fingerprint density at radius 3 is 1.77 bits per heavy atom. The number of nitro groups is 1. The van der Waals surface area contributed by atoms with Crippen molar-refractivity contribution in [1.29, 1.82) is 0 Å². The van der Waals surface area contributed by atoms with E-state index >= 15 is 0 Å². The van der Waals surface area contributed by atoms with E-state index < -0.39 is 10.8 Å². The van der Waals surface area contributed by atoms with Gasteiger partial charge in [0.05, 0.1) is 4.92 Å². The first-order valence-corrected chi connectivity index (χ1v) is 12.1. The molecule has 0 aliphatic carbocycles. The average Bonchev–Trinajstić information content (AvgIpc) is 2.76. The molecule has 0 aliphatic rings. The number of nitrogens with one attached hydrogen (secondary N) is 1. The lowest BCUT2D eigenvalue weighted by atomic mass is 10.0. The van der Waals surface area contributed by atoms with Gasteiger partial charge in [-0.3, -0.25) is 25.0 Å². The Morgan fingerprint density at radius 1 is 0.806 bits per heavy atom. The first-order valence-electron chi connectivity index (χ1n) is 12.1. The molecule has 0 unspecified atom stereocenters. The van der Waals surface area contributed by atoms with Crippen molar-refractivity contribution in [3.63, 3.8) is 0 Å². The summed E-state index contributed by atoms with van der Waals surface area (Å²) >= 11 is 0. The summed E-state index contributed by atoms with van der Waals surface area (Å²) in [5.41, 5.74) is -0.0402. The van der Waals surface area contributed by atoms with E-state index in [1.807, 2.05) is 0 Å². The van der Waals surface area contributed by atoms with Crippen LogP contribution in [0.15, 0.2) is 24.3 Å². The minimum absolute atomic E-state index is 0.124. The van der Waals surface area contributed by atoms with Gasteiger partial charge in [0.1, 0.15) is 0 Å². The molecule has 0 saturated carbocycles. The van der Waals surface area contributed by atoms with Gasteiger partial charge >= 0.3 is 0 Å². The second kappa shape index (κ2) is 17.4. The number of rotatable bonds is 18. The predicted octanol–water partition coefficient (Wildman–Crippen LogP) is 7.11. The van der Waals surface area contributed by atoms with Crippen LogP contribution >= 0.6 is 0 Å². The van der Waals surface area contributed by atoms with Gasteiger partial charge < -0.3 is 0 Å². The highest BCUT2D eigenvalue weighted by molar-refractivity contribution is 6.04. The van der Waals surface area contributed by atoms with Crippen LogP contribution in [0.25, 0.3) is 0 Å². The molecule has 31 heavy (non-hydrogen) atoms. The molecule has 0 spiro atoms. The quantitative estimate of drug-likeness (QED) is 0.152. The first-order chi connectivity index (χ1) is 15.0. The molecule has 0 radical (unpaired) electrons. The van der Waals surface area contributed by atoms with E-state index in [1.54, 1.807) is 0 Å². The van der Waals surface area contributed by atoms with E-state index in [-0.39, 0.29) is 17.2 Å². The average molecular weight is 433 g/mol. The van der Waals surface area contributed by atoms with Gasteiger partial charge in [-0.15, -0.1) is 0 Å². The summed E-state index contributed by atoms with van der Waals surface area (Å²) < 4.78 is 0. The van der Waals surface area contributed by atoms with Crippen LogP contribution in [0.2, 0.25) is 0 Å². The molecule has 174 valence electrons. The third-order valence-electron chi connectivity index (χ3n) is 5.58. The second-order valence-electron chi connectivity index (χ2n) is 8.38. The van der Waals surface area contributed by atoms with Gasteiger partial charge in [0, 0.05) is 24.1 Å². The molecule has 0 aromatic heterocycles. The molecular weight excluding hydrogens is 392 g/mol. The summed E-state index contributed by atoms with van der Waals surface area (Å²) in [5.74, 6) is -0.916. The van der Waals surface area contributed by atoms with Crippen LogP contribution in [0, 0.1) is 10.1 Å². The number of amides is 2. The summed E-state index contributed by atoms with van der Waals surface area (Å²) in [5, 5.41) is 13.1. The topological polar surface area (TPSA) is 89.3 Å². The van der Waals surface area contributed by atoms with E-state index in [0.717, 1.165) is 19.3 Å². The molecule has 1 aromatic rings. The number of nitrogens with zero attached hydrogens (tertiary/aromatic N) is 1. The summed E-state index contributed by atoms with van der Waals surface area (Å²) in [6.45, 7) is 2.25. The molecule has 0 bridgehead atoms. The van der Waals surface area contributed by atoms with Crippen molar-refractivity contribution in [1.82, 2.24) is 5.32 Å². The number of unbranched alkanes of at least 4 members (excludes halogenated alkanes) is 14. The lowest BCUT2D eigenvalue weighted by molar-refractivity contribution is -0.384. The van der Waals surface area contributed by atoms with Crippen LogP contribution in [-0.2, 0) is 4.79 Å². The van der Waals surface area contributed by atoms with E-state index in [4.69, 9.17) is 0 Å². The largest absolute Gasteiger partial charge is 0.292 e. The van der Waals surface area contributed by atoms with Gasteiger partial charge in [0.2, 0.25) is 5.91 Å². The van der Waals surface area contributed by atoms with Crippen molar-refractivity contribution >= 4 is 17.5 Å². The van der Waals surface area contributed by atoms with Gasteiger partial charge in [-0.25, -0.2) is 0 Å². The van der Waals surface area contributed by atoms with Crippen LogP contribution in [0.3, 0.4) is 0 Å². The minimum atomic E-state index is -0.588. The van der Waals surface area contributed by atoms with Gasteiger partial charge in [-0.05, 0) is 12.5 Å². The van der Waals surface area contributed by atoms with Crippen LogP contribution < -0.4 is 5.32 Å². The first kappa shape index (κ1) is 26.8. The maximum atomic E-state index is 12.0. The number of nitro benzene ring substituents is 1. The Kier molecular flexibility index (Phi) is 15.1. The van der Waals surface area contributed by atoms with Crippen LogP contribution in [0.5, 0.6) is 0 Å². The maximum absolute atomic E-state index is 12.0. The fraction of sp³-hybridized carbons (Fsp3) is 0.680. The van der Waals surface area contributed by atoms with Crippen molar-refractivity contribution in [3.05, 3.63) is 39.9 Å². The zero-order valence-electron chi connectivity index (χ0n) is 19.2. The number of hydrogen-bond donors (Lipinski definition) is 1. The summed E-state index contributed by atoms with van der Waals surface area (Å²) in [6.07, 6.45) is 19.2. The molecule has 0 aliphatic heterocycles. The van der Waals surface area contributed by atoms with Crippen molar-refractivity contribution in [2.45, 2.75) is 110 Å². The number of benzene rings is 1. The Bertz CT molecular complexity index is 661. The monoisotopic (exact) mass is 432 g/mol. The lowest BCUT2D eigenvalue weighted by Gasteiger charge is -2.05. The Morgan fingerprint density at radius 2 is 1.29 bits per heavy atom. The number of non-ortho nitro benzene ring substituents is 1. The van der Waals surface area contributed by atoms with E-state index in [0.29, 0.717) is 6.42 Å². The lowest BCUT2D eigenvalue weighted by Crippen LogP contribution is -2.30. The third kappa shape index (κ3) is 13.6. The fourth-order valence-electron chi connectivity index (χ4n) is 3.68. The highest BCUT2D eigenvalue weighted by Gasteiger charge is 2.13. The van der Waals surface area contributed by atoms with Gasteiger partial charge in [-0.1, -0.05) is 103 Å².